The molecule has 0 aliphatic carbocycles. The molecule has 2 aliphatic heterocycles. The fourth-order valence-corrected chi connectivity index (χ4v) is 4.13. The maximum absolute atomic E-state index is 14.3. The van der Waals surface area contributed by atoms with E-state index >= 15 is 0 Å². The second kappa shape index (κ2) is 8.61. The number of piperidine rings is 1. The van der Waals surface area contributed by atoms with Crippen molar-refractivity contribution in [3.8, 4) is 0 Å². The topological polar surface area (TPSA) is 44.0 Å². The summed E-state index contributed by atoms with van der Waals surface area (Å²) in [7, 11) is 0. The van der Waals surface area contributed by atoms with E-state index in [4.69, 9.17) is 0 Å². The van der Waals surface area contributed by atoms with Gasteiger partial charge in [-0.2, -0.15) is 18.3 Å². The molecule has 0 saturated carbocycles. The number of fused-ring (bicyclic) bond motifs is 1. The third-order valence-electron chi connectivity index (χ3n) is 5.58. The van der Waals surface area contributed by atoms with E-state index < -0.39 is 23.5 Å². The summed E-state index contributed by atoms with van der Waals surface area (Å²) in [6.07, 6.45) is -0.900. The summed E-state index contributed by atoms with van der Waals surface area (Å²) in [6.45, 7) is 8.18. The summed E-state index contributed by atoms with van der Waals surface area (Å²) in [5.74, 6) is -1.35. The van der Waals surface area contributed by atoms with Crippen LogP contribution in [-0.4, -0.2) is 40.9 Å². The molecule has 1 fully saturated rings. The van der Waals surface area contributed by atoms with Crippen LogP contribution in [0.2, 0.25) is 0 Å². The Hall–Kier alpha value is -1.93. The van der Waals surface area contributed by atoms with E-state index in [2.05, 4.69) is 27.0 Å². The first-order chi connectivity index (χ1) is 13.3. The molecule has 2 N–H and O–H groups in total. The number of alkyl halides is 3. The lowest BCUT2D eigenvalue weighted by atomic mass is 9.83. The monoisotopic (exact) mass is 398 g/mol. The SMILES string of the molecule is C=C/C(F)=C(\C(=C/C)C(F)(F)F)C1CCN(Cc2n[nH]c3c2CNCC3)CC1. The largest absolute Gasteiger partial charge is 0.416 e. The van der Waals surface area contributed by atoms with Crippen LogP contribution in [0.25, 0.3) is 0 Å². The average Bonchev–Trinajstić information content (AvgIpc) is 3.08. The highest BCUT2D eigenvalue weighted by Crippen LogP contribution is 2.40. The highest BCUT2D eigenvalue weighted by atomic mass is 19.4. The maximum Gasteiger partial charge on any atom is 0.416 e. The van der Waals surface area contributed by atoms with Crippen molar-refractivity contribution in [1.82, 2.24) is 20.4 Å². The van der Waals surface area contributed by atoms with Gasteiger partial charge in [0.25, 0.3) is 0 Å². The molecule has 1 aromatic heterocycles. The van der Waals surface area contributed by atoms with Gasteiger partial charge in [0.05, 0.1) is 11.3 Å². The molecule has 8 heteroatoms. The molecule has 0 radical (unpaired) electrons. The molecule has 1 aromatic rings. The van der Waals surface area contributed by atoms with E-state index in [0.717, 1.165) is 43.1 Å². The van der Waals surface area contributed by atoms with Crippen molar-refractivity contribution in [2.45, 2.75) is 45.5 Å². The Bertz CT molecular complexity index is 768. The van der Waals surface area contributed by atoms with E-state index in [0.29, 0.717) is 32.5 Å². The normalized spacial score (nSPS) is 20.7. The fraction of sp³-hybridized carbons (Fsp3) is 0.550. The van der Waals surface area contributed by atoms with Crippen molar-refractivity contribution in [2.75, 3.05) is 19.6 Å². The highest BCUT2D eigenvalue weighted by molar-refractivity contribution is 5.41. The molecule has 0 aromatic carbocycles. The standard InChI is InChI=1S/C20H26F4N4/c1-3-15(20(22,23)24)19(16(21)4-2)13-6-9-28(10-7-13)12-18-14-11-25-8-5-17(14)26-27-18/h3-4,13,25H,2,5-12H2,1H3,(H,26,27)/b15-3+,19-16+. The Morgan fingerprint density at radius 1 is 1.32 bits per heavy atom. The third-order valence-corrected chi connectivity index (χ3v) is 5.58. The molecule has 0 amide bonds. The molecule has 4 nitrogen and oxygen atoms in total. The van der Waals surface area contributed by atoms with Crippen LogP contribution >= 0.6 is 0 Å². The fourth-order valence-electron chi connectivity index (χ4n) is 4.13. The first kappa shape index (κ1) is 20.8. The zero-order valence-electron chi connectivity index (χ0n) is 16.0. The Balaban J connectivity index is 1.69. The number of aromatic nitrogens is 2. The van der Waals surface area contributed by atoms with Crippen LogP contribution < -0.4 is 5.32 Å². The number of nitrogens with zero attached hydrogens (tertiary/aromatic N) is 2. The van der Waals surface area contributed by atoms with E-state index in [1.807, 2.05) is 0 Å². The first-order valence-corrected chi connectivity index (χ1v) is 9.59. The predicted octanol–water partition coefficient (Wildman–Crippen LogP) is 4.19. The van der Waals surface area contributed by atoms with Crippen molar-refractivity contribution in [3.05, 3.63) is 52.7 Å². The summed E-state index contributed by atoms with van der Waals surface area (Å²) >= 11 is 0. The first-order valence-electron chi connectivity index (χ1n) is 9.59. The lowest BCUT2D eigenvalue weighted by Crippen LogP contribution is -2.35. The quantitative estimate of drug-likeness (QED) is 0.578. The molecule has 0 unspecified atom stereocenters. The second-order valence-electron chi connectivity index (χ2n) is 7.27. The van der Waals surface area contributed by atoms with Crippen LogP contribution in [0.1, 0.15) is 36.7 Å². The van der Waals surface area contributed by atoms with Gasteiger partial charge < -0.3 is 5.32 Å². The Kier molecular flexibility index (Phi) is 6.40. The van der Waals surface area contributed by atoms with Crippen LogP contribution in [-0.2, 0) is 19.5 Å². The van der Waals surface area contributed by atoms with Gasteiger partial charge in [0.1, 0.15) is 5.83 Å². The van der Waals surface area contributed by atoms with Crippen molar-refractivity contribution < 1.29 is 17.6 Å². The van der Waals surface area contributed by atoms with Gasteiger partial charge in [-0.05, 0) is 44.8 Å². The zero-order chi connectivity index (χ0) is 20.3. The van der Waals surface area contributed by atoms with Gasteiger partial charge >= 0.3 is 6.18 Å². The van der Waals surface area contributed by atoms with Crippen LogP contribution in [0, 0.1) is 5.92 Å². The van der Waals surface area contributed by atoms with Crippen LogP contribution in [0.15, 0.2) is 35.7 Å². The molecule has 28 heavy (non-hydrogen) atoms. The van der Waals surface area contributed by atoms with Crippen molar-refractivity contribution >= 4 is 0 Å². The number of likely N-dealkylation sites (tertiary alicyclic amines) is 1. The Morgan fingerprint density at radius 3 is 2.64 bits per heavy atom. The predicted molar refractivity (Wildman–Crippen MR) is 100 cm³/mol. The number of halogens is 4. The maximum atomic E-state index is 14.3. The highest BCUT2D eigenvalue weighted by Gasteiger charge is 2.40. The van der Waals surface area contributed by atoms with E-state index in [1.54, 1.807) is 0 Å². The summed E-state index contributed by atoms with van der Waals surface area (Å²) in [4.78, 5) is 2.17. The molecule has 1 saturated heterocycles. The molecular weight excluding hydrogens is 372 g/mol. The number of rotatable bonds is 5. The number of H-pyrrole nitrogens is 1. The molecule has 3 heterocycles. The smallest absolute Gasteiger partial charge is 0.312 e. The molecule has 0 atom stereocenters. The minimum absolute atomic E-state index is 0.258. The van der Waals surface area contributed by atoms with Gasteiger partial charge in [-0.3, -0.25) is 10.00 Å². The van der Waals surface area contributed by atoms with Gasteiger partial charge in [0, 0.05) is 42.9 Å². The Morgan fingerprint density at radius 2 is 2.04 bits per heavy atom. The van der Waals surface area contributed by atoms with Gasteiger partial charge in [0.2, 0.25) is 0 Å². The lowest BCUT2D eigenvalue weighted by Gasteiger charge is -2.34. The third kappa shape index (κ3) is 4.38. The zero-order valence-corrected chi connectivity index (χ0v) is 16.0. The number of aromatic amines is 1. The number of hydrogen-bond donors (Lipinski definition) is 2. The molecule has 0 spiro atoms. The van der Waals surface area contributed by atoms with Crippen molar-refractivity contribution in [1.29, 1.82) is 0 Å². The van der Waals surface area contributed by atoms with Crippen LogP contribution in [0.3, 0.4) is 0 Å². The number of hydrogen-bond acceptors (Lipinski definition) is 3. The van der Waals surface area contributed by atoms with Crippen LogP contribution in [0.4, 0.5) is 17.6 Å². The molecule has 2 aliphatic rings. The number of nitrogens with one attached hydrogen (secondary N) is 2. The number of allylic oxidation sites excluding steroid dienone is 5. The average molecular weight is 398 g/mol. The van der Waals surface area contributed by atoms with E-state index in [-0.39, 0.29) is 5.57 Å². The summed E-state index contributed by atoms with van der Waals surface area (Å²) in [5, 5.41) is 10.8. The summed E-state index contributed by atoms with van der Waals surface area (Å²) < 4.78 is 54.5. The minimum Gasteiger partial charge on any atom is -0.312 e. The van der Waals surface area contributed by atoms with Gasteiger partial charge in [-0.25, -0.2) is 4.39 Å². The van der Waals surface area contributed by atoms with Crippen LogP contribution in [0.5, 0.6) is 0 Å². The van der Waals surface area contributed by atoms with E-state index in [1.165, 1.54) is 12.5 Å². The summed E-state index contributed by atoms with van der Waals surface area (Å²) in [6, 6.07) is 0. The van der Waals surface area contributed by atoms with Crippen molar-refractivity contribution in [3.63, 3.8) is 0 Å². The second-order valence-corrected chi connectivity index (χ2v) is 7.27. The van der Waals surface area contributed by atoms with Crippen molar-refractivity contribution in [2.24, 2.45) is 5.92 Å². The molecule has 3 rings (SSSR count). The summed E-state index contributed by atoms with van der Waals surface area (Å²) in [5.41, 5.74) is 2.18. The Labute approximate surface area is 162 Å². The van der Waals surface area contributed by atoms with E-state index in [9.17, 15) is 17.6 Å². The molecular formula is C20H26F4N4. The van der Waals surface area contributed by atoms with Gasteiger partial charge in [-0.1, -0.05) is 12.7 Å². The van der Waals surface area contributed by atoms with Gasteiger partial charge in [-0.15, -0.1) is 0 Å². The molecule has 0 bridgehead atoms. The van der Waals surface area contributed by atoms with Gasteiger partial charge in [0.15, 0.2) is 0 Å². The molecule has 154 valence electrons. The minimum atomic E-state index is -4.58. The lowest BCUT2D eigenvalue weighted by molar-refractivity contribution is -0.0907.